The summed E-state index contributed by atoms with van der Waals surface area (Å²) in [5.74, 6) is 1.73. The zero-order valence-corrected chi connectivity index (χ0v) is 47.0. The van der Waals surface area contributed by atoms with Crippen molar-refractivity contribution in [2.75, 3.05) is 0 Å². The summed E-state index contributed by atoms with van der Waals surface area (Å²) in [4.78, 5) is 0. The molecule has 0 N–H and O–H groups in total. The molecular formula is C58H60Cl2O2Si3Zr. The van der Waals surface area contributed by atoms with Gasteiger partial charge in [0.05, 0.1) is 0 Å². The number of benzene rings is 6. The predicted molar refractivity (Wildman–Crippen MR) is 291 cm³/mol. The van der Waals surface area contributed by atoms with Crippen LogP contribution >= 0.6 is 17.0 Å². The van der Waals surface area contributed by atoms with Crippen LogP contribution in [0, 0.1) is 0 Å². The van der Waals surface area contributed by atoms with Crippen LogP contribution in [0.15, 0.2) is 143 Å². The van der Waals surface area contributed by atoms with E-state index in [2.05, 4.69) is 200 Å². The van der Waals surface area contributed by atoms with E-state index in [-0.39, 0.29) is 7.25 Å². The van der Waals surface area contributed by atoms with E-state index in [9.17, 15) is 17.0 Å². The normalized spacial score (nSPS) is 16.4. The Bertz CT molecular complexity index is 3170. The van der Waals surface area contributed by atoms with Crippen LogP contribution in [0.25, 0.3) is 67.1 Å². The molecule has 6 aromatic carbocycles. The van der Waals surface area contributed by atoms with Crippen molar-refractivity contribution in [2.24, 2.45) is 0 Å². The SMILES string of the molecule is CCc1ccc2c(c1-c1ccc([Si](C)(C)C)cc1)C=C(c1occ3ccccc13)[CH]2[Zr]([Cl])([Cl])([CH]1C(c2occ3ccccc23)=Cc2c1ccc(CC)c2-c1ccc([Si](C)(C)C)cc1)=[Si](C)C. The molecule has 0 spiro atoms. The second-order valence-electron chi connectivity index (χ2n) is 21.1. The second kappa shape index (κ2) is 16.6. The monoisotopic (exact) mass is 1030 g/mol. The van der Waals surface area contributed by atoms with Crippen LogP contribution in [0.3, 0.4) is 0 Å². The molecule has 2 nitrogen and oxygen atoms in total. The topological polar surface area (TPSA) is 26.3 Å². The minimum atomic E-state index is -5.60. The first kappa shape index (κ1) is 45.8. The van der Waals surface area contributed by atoms with E-state index in [0.717, 1.165) is 57.1 Å². The standard InChI is InChI=1S/2C28H27OSi.C2H6Si.2ClH.Zr/c2*1-5-19-10-11-21-16-23(28-25-9-7-6-8-22(25)18-29-28)17-26(21)27(19)20-12-14-24(15-13-20)30(2,3)4;1-3-2;;;/h2*6-18H,5H2,1-4H3;1-2H3;2*1H;/q;;;;;+2/p-2. The van der Waals surface area contributed by atoms with Gasteiger partial charge < -0.3 is 0 Å². The number of rotatable bonds is 10. The Labute approximate surface area is 401 Å². The molecule has 2 atom stereocenters. The van der Waals surface area contributed by atoms with Crippen LogP contribution in [-0.4, -0.2) is 21.6 Å². The van der Waals surface area contributed by atoms with Crippen molar-refractivity contribution in [2.45, 2.75) is 86.3 Å². The Kier molecular flexibility index (Phi) is 11.5. The molecule has 2 aliphatic rings. The van der Waals surface area contributed by atoms with Crippen molar-refractivity contribution in [3.8, 4) is 22.3 Å². The molecule has 0 bridgehead atoms. The summed E-state index contributed by atoms with van der Waals surface area (Å²) in [7, 11) is 15.5. The number of halogens is 2. The summed E-state index contributed by atoms with van der Waals surface area (Å²) in [5.41, 5.74) is 13.2. The van der Waals surface area contributed by atoms with Gasteiger partial charge in [-0.2, -0.15) is 0 Å². The van der Waals surface area contributed by atoms with Crippen molar-refractivity contribution in [3.63, 3.8) is 0 Å². The summed E-state index contributed by atoms with van der Waals surface area (Å²) in [6.07, 6.45) is 10.5. The number of hydrogen-bond acceptors (Lipinski definition) is 2. The summed E-state index contributed by atoms with van der Waals surface area (Å²) >= 11 is -5.60. The summed E-state index contributed by atoms with van der Waals surface area (Å²) in [6, 6.07) is 45.4. The Morgan fingerprint density at radius 2 is 0.894 bits per heavy atom. The third-order valence-electron chi connectivity index (χ3n) is 15.0. The van der Waals surface area contributed by atoms with E-state index in [0.29, 0.717) is 0 Å². The molecule has 0 fully saturated rings. The predicted octanol–water partition coefficient (Wildman–Crippen LogP) is 16.9. The van der Waals surface area contributed by atoms with Gasteiger partial charge in [0.25, 0.3) is 0 Å². The fourth-order valence-electron chi connectivity index (χ4n) is 11.2. The molecule has 2 unspecified atom stereocenters. The molecule has 10 rings (SSSR count). The summed E-state index contributed by atoms with van der Waals surface area (Å²) in [5, 5.41) is 7.22. The van der Waals surface area contributed by atoms with Crippen molar-refractivity contribution in [1.29, 1.82) is 0 Å². The molecule has 66 heavy (non-hydrogen) atoms. The zero-order chi connectivity index (χ0) is 46.5. The number of furan rings is 2. The van der Waals surface area contributed by atoms with E-state index in [1.165, 1.54) is 66.0 Å². The van der Waals surface area contributed by atoms with Crippen LogP contribution < -0.4 is 10.4 Å². The fourth-order valence-corrected chi connectivity index (χ4v) is 41.2. The maximum atomic E-state index is 9.27. The van der Waals surface area contributed by atoms with E-state index < -0.39 is 36.6 Å². The number of aryl methyl sites for hydroxylation is 2. The average Bonchev–Trinajstić information content (AvgIpc) is 4.10. The third-order valence-corrected chi connectivity index (χ3v) is 65.4. The molecule has 2 heterocycles. The molecule has 0 saturated heterocycles. The van der Waals surface area contributed by atoms with Crippen LogP contribution in [0.5, 0.6) is 0 Å². The number of fused-ring (bicyclic) bond motifs is 4. The first-order valence-electron chi connectivity index (χ1n) is 23.7. The summed E-state index contributed by atoms with van der Waals surface area (Å²) < 4.78 is 13.0. The van der Waals surface area contributed by atoms with Crippen LogP contribution in [0.2, 0.25) is 52.4 Å². The van der Waals surface area contributed by atoms with Crippen molar-refractivity contribution in [1.82, 2.24) is 0 Å². The number of hydrogen-bond donors (Lipinski definition) is 0. The fraction of sp³-hybridized carbons (Fsp3) is 0.241. The van der Waals surface area contributed by atoms with E-state index >= 15 is 0 Å². The Morgan fingerprint density at radius 1 is 0.515 bits per heavy atom. The van der Waals surface area contributed by atoms with Gasteiger partial charge in [0, 0.05) is 0 Å². The molecular weight excluding hydrogens is 975 g/mol. The molecule has 0 saturated carbocycles. The zero-order valence-electron chi connectivity index (χ0n) is 40.0. The molecule has 0 amide bonds. The van der Waals surface area contributed by atoms with Crippen LogP contribution in [0.1, 0.15) is 66.0 Å². The number of allylic oxidation sites excluding steroid dienone is 2. The molecule has 8 heteroatoms. The van der Waals surface area contributed by atoms with Crippen LogP contribution in [-0.2, 0) is 27.9 Å². The van der Waals surface area contributed by atoms with Gasteiger partial charge in [0.2, 0.25) is 0 Å². The van der Waals surface area contributed by atoms with E-state index in [1.54, 1.807) is 0 Å². The van der Waals surface area contributed by atoms with Crippen molar-refractivity contribution in [3.05, 3.63) is 179 Å². The van der Waals surface area contributed by atoms with Crippen molar-refractivity contribution < 1.29 is 23.8 Å². The van der Waals surface area contributed by atoms with E-state index in [4.69, 9.17) is 8.83 Å². The molecule has 2 aromatic heterocycles. The Morgan fingerprint density at radius 3 is 1.24 bits per heavy atom. The second-order valence-corrected chi connectivity index (χ2v) is 70.0. The van der Waals surface area contributed by atoms with Gasteiger partial charge in [0.1, 0.15) is 0 Å². The van der Waals surface area contributed by atoms with Gasteiger partial charge in [-0.15, -0.1) is 0 Å². The minimum absolute atomic E-state index is 0.278. The maximum absolute atomic E-state index is 9.27. The van der Waals surface area contributed by atoms with Gasteiger partial charge in [-0.05, 0) is 0 Å². The molecule has 334 valence electrons. The van der Waals surface area contributed by atoms with Crippen molar-refractivity contribution >= 4 is 93.8 Å². The average molecular weight is 1040 g/mol. The molecule has 2 aliphatic carbocycles. The quantitative estimate of drug-likeness (QED) is 0.128. The molecule has 0 radical (unpaired) electrons. The Hall–Kier alpha value is -4.01. The van der Waals surface area contributed by atoms with Gasteiger partial charge in [0.15, 0.2) is 0 Å². The third kappa shape index (κ3) is 7.23. The molecule has 0 aliphatic heterocycles. The van der Waals surface area contributed by atoms with Gasteiger partial charge in [-0.3, -0.25) is 0 Å². The Balaban J connectivity index is 1.29. The van der Waals surface area contributed by atoms with Crippen LogP contribution in [0.4, 0.5) is 0 Å². The van der Waals surface area contributed by atoms with E-state index in [1.807, 2.05) is 12.5 Å². The first-order chi connectivity index (χ1) is 31.4. The van der Waals surface area contributed by atoms with Gasteiger partial charge >= 0.3 is 405 Å². The summed E-state index contributed by atoms with van der Waals surface area (Å²) in [6.45, 7) is 23.8. The first-order valence-corrected chi connectivity index (χ1v) is 46.1. The van der Waals surface area contributed by atoms with Gasteiger partial charge in [-0.25, -0.2) is 0 Å². The van der Waals surface area contributed by atoms with Gasteiger partial charge in [-0.1, -0.05) is 0 Å². The molecule has 8 aromatic rings.